The molecule has 0 saturated carbocycles. The molecule has 0 aliphatic heterocycles. The highest BCUT2D eigenvalue weighted by Gasteiger charge is 2.28. The van der Waals surface area contributed by atoms with Gasteiger partial charge in [-0.05, 0) is 50.9 Å². The molecule has 0 bridgehead atoms. The fourth-order valence-electron chi connectivity index (χ4n) is 5.68. The summed E-state index contributed by atoms with van der Waals surface area (Å²) in [6.07, 6.45) is 22.8. The Morgan fingerprint density at radius 3 is 1.87 bits per heavy atom. The third-order valence-electron chi connectivity index (χ3n) is 8.43. The summed E-state index contributed by atoms with van der Waals surface area (Å²) in [5.74, 6) is 0.659. The van der Waals surface area contributed by atoms with Crippen molar-refractivity contribution >= 4 is 13.6 Å². The molecule has 1 aromatic rings. The van der Waals surface area contributed by atoms with Gasteiger partial charge in [0.15, 0.2) is 0 Å². The Hall–Kier alpha value is -1.24. The van der Waals surface area contributed by atoms with Gasteiger partial charge in [-0.2, -0.15) is 0 Å². The molecule has 3 unspecified atom stereocenters. The summed E-state index contributed by atoms with van der Waals surface area (Å²) in [6, 6.07) is 7.89. The molecule has 0 aliphatic carbocycles. The molecule has 0 radical (unpaired) electrons. The number of carbonyl (C=O) groups is 1. The van der Waals surface area contributed by atoms with E-state index in [1.165, 1.54) is 96.3 Å². The van der Waals surface area contributed by atoms with Crippen LogP contribution in [0.4, 0.5) is 0 Å². The molecule has 3 atom stereocenters. The van der Waals surface area contributed by atoms with Gasteiger partial charge in [-0.1, -0.05) is 135 Å². The van der Waals surface area contributed by atoms with Crippen LogP contribution in [0.1, 0.15) is 148 Å². The number of likely N-dealkylation sites (N-methyl/N-ethyl adjacent to an activating group) is 1. The first-order valence-electron chi connectivity index (χ1n) is 18.2. The molecule has 262 valence electrons. The molecule has 45 heavy (non-hydrogen) atoms. The lowest BCUT2D eigenvalue weighted by Crippen LogP contribution is -2.27. The number of phosphoric acid groups is 1. The van der Waals surface area contributed by atoms with Crippen LogP contribution in [-0.4, -0.2) is 55.5 Å². The number of carbonyl (C=O) groups excluding carboxylic acids is 1. The smallest absolute Gasteiger partial charge is 0.472 e. The van der Waals surface area contributed by atoms with Crippen LogP contribution in [-0.2, 0) is 24.8 Å². The third-order valence-corrected chi connectivity index (χ3v) is 9.47. The molecule has 1 N–H and O–H groups in total. The molecule has 7 nitrogen and oxygen atoms in total. The van der Waals surface area contributed by atoms with Crippen molar-refractivity contribution in [2.45, 2.75) is 155 Å². The summed E-state index contributed by atoms with van der Waals surface area (Å²) in [5, 5.41) is 0. The molecule has 0 spiro atoms. The zero-order valence-corrected chi connectivity index (χ0v) is 30.5. The normalized spacial score (nSPS) is 14.4. The molecule has 1 aromatic carbocycles. The Labute approximate surface area is 276 Å². The Bertz CT molecular complexity index is 911. The third kappa shape index (κ3) is 22.8. The SMILES string of the molecule is CCCCCCCCCCCCCCCCCCOc1ccccc1CC(COP(=O)(O)OC(CC)CN(C)C)CC(=O)CC. The van der Waals surface area contributed by atoms with Crippen LogP contribution >= 0.6 is 7.82 Å². The molecular weight excluding hydrogens is 585 g/mol. The summed E-state index contributed by atoms with van der Waals surface area (Å²) in [6.45, 7) is 7.17. The van der Waals surface area contributed by atoms with Crippen molar-refractivity contribution < 1.29 is 28.0 Å². The van der Waals surface area contributed by atoms with Gasteiger partial charge >= 0.3 is 7.82 Å². The molecule has 0 aliphatic rings. The van der Waals surface area contributed by atoms with Crippen LogP contribution in [0.15, 0.2) is 24.3 Å². The van der Waals surface area contributed by atoms with Gasteiger partial charge in [-0.25, -0.2) is 4.57 Å². The fraction of sp³-hybridized carbons (Fsp3) is 0.811. The zero-order valence-electron chi connectivity index (χ0n) is 29.6. The number of hydrogen-bond donors (Lipinski definition) is 1. The number of Topliss-reactive ketones (excluding diaryl/α,β-unsaturated/α-hetero) is 1. The van der Waals surface area contributed by atoms with Crippen molar-refractivity contribution in [2.24, 2.45) is 5.92 Å². The van der Waals surface area contributed by atoms with Crippen molar-refractivity contribution in [3.63, 3.8) is 0 Å². The van der Waals surface area contributed by atoms with Crippen molar-refractivity contribution in [3.05, 3.63) is 29.8 Å². The maximum atomic E-state index is 12.7. The van der Waals surface area contributed by atoms with Gasteiger partial charge in [-0.3, -0.25) is 13.8 Å². The first kappa shape index (κ1) is 41.8. The minimum absolute atomic E-state index is 0.0363. The standard InChI is InChI=1S/C37H68NO6P/c1-6-9-10-11-12-13-14-15-16-17-18-19-20-21-22-25-28-42-37-27-24-23-26-34(37)29-33(30-35(39)7-2)32-43-45(40,41)44-36(8-3)31-38(4)5/h23-24,26-27,33,36H,6-22,25,28-32H2,1-5H3,(H,40,41). The first-order chi connectivity index (χ1) is 21.7. The molecule has 0 heterocycles. The number of unbranched alkanes of at least 4 members (excludes halogenated alkanes) is 15. The quantitative estimate of drug-likeness (QED) is 0.0630. The van der Waals surface area contributed by atoms with Crippen molar-refractivity contribution in [3.8, 4) is 5.75 Å². The van der Waals surface area contributed by atoms with Gasteiger partial charge in [0.2, 0.25) is 0 Å². The van der Waals surface area contributed by atoms with Crippen LogP contribution < -0.4 is 4.74 Å². The summed E-state index contributed by atoms with van der Waals surface area (Å²) < 4.78 is 29.8. The lowest BCUT2D eigenvalue weighted by atomic mass is 9.94. The van der Waals surface area contributed by atoms with E-state index in [9.17, 15) is 14.3 Å². The second kappa shape index (κ2) is 26.8. The van der Waals surface area contributed by atoms with Crippen molar-refractivity contribution in [2.75, 3.05) is 33.9 Å². The number of benzene rings is 1. The largest absolute Gasteiger partial charge is 0.493 e. The van der Waals surface area contributed by atoms with Crippen LogP contribution in [0.25, 0.3) is 0 Å². The second-order valence-corrected chi connectivity index (χ2v) is 14.5. The van der Waals surface area contributed by atoms with Crippen molar-refractivity contribution in [1.82, 2.24) is 4.90 Å². The van der Waals surface area contributed by atoms with Crippen molar-refractivity contribution in [1.29, 1.82) is 0 Å². The van der Waals surface area contributed by atoms with Gasteiger partial charge in [0, 0.05) is 19.4 Å². The Morgan fingerprint density at radius 2 is 1.36 bits per heavy atom. The number of ketones is 1. The Balaban J connectivity index is 2.37. The summed E-state index contributed by atoms with van der Waals surface area (Å²) in [7, 11) is -0.480. The zero-order chi connectivity index (χ0) is 33.2. The molecule has 0 saturated heterocycles. The number of para-hydroxylation sites is 1. The van der Waals surface area contributed by atoms with E-state index in [1.54, 1.807) is 0 Å². The van der Waals surface area contributed by atoms with E-state index < -0.39 is 13.9 Å². The topological polar surface area (TPSA) is 85.3 Å². The maximum absolute atomic E-state index is 12.7. The second-order valence-electron chi connectivity index (χ2n) is 13.1. The maximum Gasteiger partial charge on any atom is 0.472 e. The highest BCUT2D eigenvalue weighted by atomic mass is 31.2. The average Bonchev–Trinajstić information content (AvgIpc) is 3.01. The van der Waals surface area contributed by atoms with E-state index >= 15 is 0 Å². The molecule has 0 fully saturated rings. The summed E-state index contributed by atoms with van der Waals surface area (Å²) in [4.78, 5) is 24.7. The lowest BCUT2D eigenvalue weighted by Gasteiger charge is -2.24. The number of phosphoric ester groups is 1. The number of ether oxygens (including phenoxy) is 1. The van der Waals surface area contributed by atoms with Gasteiger partial charge < -0.3 is 14.5 Å². The van der Waals surface area contributed by atoms with Crippen LogP contribution in [0.2, 0.25) is 0 Å². The van der Waals surface area contributed by atoms with Crippen LogP contribution in [0.3, 0.4) is 0 Å². The van der Waals surface area contributed by atoms with Gasteiger partial charge in [0.25, 0.3) is 0 Å². The summed E-state index contributed by atoms with van der Waals surface area (Å²) >= 11 is 0. The minimum Gasteiger partial charge on any atom is -0.493 e. The predicted octanol–water partition coefficient (Wildman–Crippen LogP) is 10.3. The summed E-state index contributed by atoms with van der Waals surface area (Å²) in [5.41, 5.74) is 0.985. The minimum atomic E-state index is -4.26. The van der Waals surface area contributed by atoms with E-state index in [0.717, 1.165) is 17.7 Å². The first-order valence-corrected chi connectivity index (χ1v) is 19.7. The van der Waals surface area contributed by atoms with Gasteiger partial charge in [0.05, 0.1) is 19.3 Å². The highest BCUT2D eigenvalue weighted by molar-refractivity contribution is 7.47. The van der Waals surface area contributed by atoms with E-state index in [-0.39, 0.29) is 24.7 Å². The number of rotatable bonds is 31. The van der Waals surface area contributed by atoms with E-state index in [0.29, 0.717) is 32.4 Å². The molecule has 1 rings (SSSR count). The fourth-order valence-corrected chi connectivity index (χ4v) is 6.73. The van der Waals surface area contributed by atoms with E-state index in [1.807, 2.05) is 57.1 Å². The van der Waals surface area contributed by atoms with E-state index in [2.05, 4.69) is 6.92 Å². The molecule has 0 amide bonds. The van der Waals surface area contributed by atoms with Crippen LogP contribution in [0, 0.1) is 5.92 Å². The van der Waals surface area contributed by atoms with E-state index in [4.69, 9.17) is 13.8 Å². The highest BCUT2D eigenvalue weighted by Crippen LogP contribution is 2.46. The number of nitrogens with zero attached hydrogens (tertiary/aromatic N) is 1. The Kier molecular flexibility index (Phi) is 24.9. The molecule has 0 aromatic heterocycles. The van der Waals surface area contributed by atoms with Gasteiger partial charge in [0.1, 0.15) is 11.5 Å². The Morgan fingerprint density at radius 1 is 0.822 bits per heavy atom. The average molecular weight is 654 g/mol. The number of hydrogen-bond acceptors (Lipinski definition) is 6. The van der Waals surface area contributed by atoms with Crippen LogP contribution in [0.5, 0.6) is 5.75 Å². The lowest BCUT2D eigenvalue weighted by molar-refractivity contribution is -0.120. The molecular formula is C37H68NO6P. The predicted molar refractivity (Wildman–Crippen MR) is 188 cm³/mol. The monoisotopic (exact) mass is 653 g/mol. The van der Waals surface area contributed by atoms with Gasteiger partial charge in [-0.15, -0.1) is 0 Å². The molecule has 8 heteroatoms.